The summed E-state index contributed by atoms with van der Waals surface area (Å²) < 4.78 is 0.723. The van der Waals surface area contributed by atoms with E-state index in [0.717, 1.165) is 4.47 Å². The topological polar surface area (TPSA) is 103 Å². The average molecular weight is 414 g/mol. The molecule has 0 bridgehead atoms. The second-order valence-electron chi connectivity index (χ2n) is 4.72. The van der Waals surface area contributed by atoms with Gasteiger partial charge in [0.25, 0.3) is 11.8 Å². The second kappa shape index (κ2) is 8.51. The molecule has 2 rings (SSSR count). The van der Waals surface area contributed by atoms with Crippen molar-refractivity contribution in [1.82, 2.24) is 21.2 Å². The maximum atomic E-state index is 11.9. The van der Waals surface area contributed by atoms with E-state index in [4.69, 9.17) is 11.6 Å². The van der Waals surface area contributed by atoms with Gasteiger partial charge in [-0.3, -0.25) is 25.2 Å². The molecule has 0 radical (unpaired) electrons. The molecular formula is C15H14BrClN4O3. The van der Waals surface area contributed by atoms with Crippen LogP contribution in [0.15, 0.2) is 41.0 Å². The summed E-state index contributed by atoms with van der Waals surface area (Å²) in [6.07, 6.45) is 1.60. The Bertz CT molecular complexity index is 763. The molecule has 126 valence electrons. The molecule has 1 aromatic heterocycles. The predicted molar refractivity (Wildman–Crippen MR) is 92.5 cm³/mol. The number of benzene rings is 1. The van der Waals surface area contributed by atoms with Gasteiger partial charge in [0.2, 0.25) is 5.91 Å². The van der Waals surface area contributed by atoms with Crippen molar-refractivity contribution in [1.29, 1.82) is 0 Å². The highest BCUT2D eigenvalue weighted by Gasteiger charge is 2.11. The van der Waals surface area contributed by atoms with E-state index in [-0.39, 0.29) is 18.9 Å². The fourth-order valence-corrected chi connectivity index (χ4v) is 2.35. The molecule has 0 saturated heterocycles. The highest BCUT2D eigenvalue weighted by Crippen LogP contribution is 2.14. The zero-order chi connectivity index (χ0) is 17.5. The van der Waals surface area contributed by atoms with Gasteiger partial charge in [0.15, 0.2) is 0 Å². The SMILES string of the molecule is O=C(CCNC(=O)c1ccccc1Cl)NNC(=O)c1cc(Br)c[nH]1. The fraction of sp³-hybridized carbons (Fsp3) is 0.133. The van der Waals surface area contributed by atoms with Crippen LogP contribution in [0.25, 0.3) is 0 Å². The first-order valence-corrected chi connectivity index (χ1v) is 8.10. The molecule has 0 spiro atoms. The van der Waals surface area contributed by atoms with E-state index in [2.05, 4.69) is 37.1 Å². The minimum atomic E-state index is -0.478. The molecule has 1 aromatic carbocycles. The van der Waals surface area contributed by atoms with Crippen molar-refractivity contribution in [2.45, 2.75) is 6.42 Å². The first kappa shape index (κ1) is 18.0. The molecule has 0 aliphatic carbocycles. The average Bonchev–Trinajstić information content (AvgIpc) is 2.99. The monoisotopic (exact) mass is 412 g/mol. The third-order valence-electron chi connectivity index (χ3n) is 2.96. The molecule has 3 amide bonds. The molecule has 4 N–H and O–H groups in total. The Hall–Kier alpha value is -2.32. The van der Waals surface area contributed by atoms with Crippen LogP contribution in [-0.4, -0.2) is 29.3 Å². The van der Waals surface area contributed by atoms with Crippen molar-refractivity contribution < 1.29 is 14.4 Å². The molecule has 0 aliphatic rings. The Morgan fingerprint density at radius 2 is 1.88 bits per heavy atom. The van der Waals surface area contributed by atoms with Gasteiger partial charge >= 0.3 is 0 Å². The summed E-state index contributed by atoms with van der Waals surface area (Å²) in [6.45, 7) is 0.111. The maximum absolute atomic E-state index is 11.9. The van der Waals surface area contributed by atoms with Gasteiger partial charge in [-0.25, -0.2) is 0 Å². The summed E-state index contributed by atoms with van der Waals surface area (Å²) >= 11 is 9.12. The van der Waals surface area contributed by atoms with Crippen LogP contribution in [0.1, 0.15) is 27.3 Å². The van der Waals surface area contributed by atoms with E-state index in [9.17, 15) is 14.4 Å². The van der Waals surface area contributed by atoms with Crippen LogP contribution in [0, 0.1) is 0 Å². The molecule has 0 unspecified atom stereocenters. The lowest BCUT2D eigenvalue weighted by Gasteiger charge is -2.08. The van der Waals surface area contributed by atoms with Crippen molar-refractivity contribution in [2.24, 2.45) is 0 Å². The van der Waals surface area contributed by atoms with Crippen LogP contribution < -0.4 is 16.2 Å². The Labute approximate surface area is 151 Å². The number of rotatable bonds is 5. The summed E-state index contributed by atoms with van der Waals surface area (Å²) in [5, 5.41) is 2.92. The van der Waals surface area contributed by atoms with Gasteiger partial charge in [-0.05, 0) is 34.1 Å². The molecule has 2 aromatic rings. The third kappa shape index (κ3) is 5.10. The number of hydrogen-bond acceptors (Lipinski definition) is 3. The fourth-order valence-electron chi connectivity index (χ4n) is 1.79. The second-order valence-corrected chi connectivity index (χ2v) is 6.04. The summed E-state index contributed by atoms with van der Waals surface area (Å²) in [5.74, 6) is -1.28. The molecule has 1 heterocycles. The van der Waals surface area contributed by atoms with Gasteiger partial charge < -0.3 is 10.3 Å². The molecule has 9 heteroatoms. The number of hydrogen-bond donors (Lipinski definition) is 4. The van der Waals surface area contributed by atoms with Crippen LogP contribution in [0.5, 0.6) is 0 Å². The van der Waals surface area contributed by atoms with Crippen molar-refractivity contribution in [3.8, 4) is 0 Å². The van der Waals surface area contributed by atoms with E-state index in [1.165, 1.54) is 0 Å². The first-order valence-electron chi connectivity index (χ1n) is 6.93. The van der Waals surface area contributed by atoms with Gasteiger partial charge in [-0.15, -0.1) is 0 Å². The van der Waals surface area contributed by atoms with Gasteiger partial charge in [0.05, 0.1) is 10.6 Å². The quantitative estimate of drug-likeness (QED) is 0.564. The molecule has 0 atom stereocenters. The Balaban J connectivity index is 1.71. The lowest BCUT2D eigenvalue weighted by atomic mass is 10.2. The van der Waals surface area contributed by atoms with Crippen LogP contribution in [-0.2, 0) is 4.79 Å². The standard InChI is InChI=1S/C15H14BrClN4O3/c16-9-7-12(19-8-9)15(24)21-20-13(22)5-6-18-14(23)10-3-1-2-4-11(10)17/h1-4,7-8,19H,5-6H2,(H,18,23)(H,20,22)(H,21,24). The predicted octanol–water partition coefficient (Wildman–Crippen LogP) is 2.01. The first-order chi connectivity index (χ1) is 11.5. The van der Waals surface area contributed by atoms with Gasteiger partial charge in [-0.2, -0.15) is 0 Å². The van der Waals surface area contributed by atoms with E-state index in [0.29, 0.717) is 16.3 Å². The number of hydrazine groups is 1. The zero-order valence-corrected chi connectivity index (χ0v) is 14.7. The summed E-state index contributed by atoms with van der Waals surface area (Å²) in [4.78, 5) is 38.0. The number of carbonyl (C=O) groups is 3. The largest absolute Gasteiger partial charge is 0.356 e. The van der Waals surface area contributed by atoms with Crippen LogP contribution in [0.4, 0.5) is 0 Å². The Morgan fingerprint density at radius 1 is 1.12 bits per heavy atom. The third-order valence-corrected chi connectivity index (χ3v) is 3.75. The summed E-state index contributed by atoms with van der Waals surface area (Å²) in [6, 6.07) is 8.19. The highest BCUT2D eigenvalue weighted by atomic mass is 79.9. The van der Waals surface area contributed by atoms with Crippen molar-refractivity contribution in [3.05, 3.63) is 57.3 Å². The normalized spacial score (nSPS) is 10.1. The Kier molecular flexibility index (Phi) is 6.39. The van der Waals surface area contributed by atoms with E-state index < -0.39 is 11.8 Å². The van der Waals surface area contributed by atoms with Gasteiger partial charge in [0.1, 0.15) is 5.69 Å². The zero-order valence-electron chi connectivity index (χ0n) is 12.4. The lowest BCUT2D eigenvalue weighted by Crippen LogP contribution is -2.43. The van der Waals surface area contributed by atoms with E-state index in [1.807, 2.05) is 0 Å². The number of H-pyrrole nitrogens is 1. The number of aromatic nitrogens is 1. The van der Waals surface area contributed by atoms with Crippen LogP contribution in [0.3, 0.4) is 0 Å². The van der Waals surface area contributed by atoms with Crippen LogP contribution >= 0.6 is 27.5 Å². The van der Waals surface area contributed by atoms with Crippen molar-refractivity contribution in [2.75, 3.05) is 6.54 Å². The Morgan fingerprint density at radius 3 is 2.54 bits per heavy atom. The van der Waals surface area contributed by atoms with Gasteiger partial charge in [-0.1, -0.05) is 23.7 Å². The lowest BCUT2D eigenvalue weighted by molar-refractivity contribution is -0.121. The number of halogens is 2. The van der Waals surface area contributed by atoms with E-state index in [1.54, 1.807) is 36.5 Å². The van der Waals surface area contributed by atoms with Crippen LogP contribution in [0.2, 0.25) is 5.02 Å². The maximum Gasteiger partial charge on any atom is 0.286 e. The number of carbonyl (C=O) groups excluding carboxylic acids is 3. The van der Waals surface area contributed by atoms with E-state index >= 15 is 0 Å². The summed E-state index contributed by atoms with van der Waals surface area (Å²) in [7, 11) is 0. The molecule has 7 nitrogen and oxygen atoms in total. The minimum Gasteiger partial charge on any atom is -0.356 e. The molecule has 0 fully saturated rings. The summed E-state index contributed by atoms with van der Waals surface area (Å²) in [5.41, 5.74) is 5.17. The molecule has 24 heavy (non-hydrogen) atoms. The molecule has 0 aliphatic heterocycles. The minimum absolute atomic E-state index is 0.00485. The highest BCUT2D eigenvalue weighted by molar-refractivity contribution is 9.10. The number of aromatic amines is 1. The number of nitrogens with one attached hydrogen (secondary N) is 4. The smallest absolute Gasteiger partial charge is 0.286 e. The van der Waals surface area contributed by atoms with Gasteiger partial charge in [0, 0.05) is 23.6 Å². The molecular weight excluding hydrogens is 400 g/mol. The number of amides is 3. The molecule has 0 saturated carbocycles. The van der Waals surface area contributed by atoms with Crippen molar-refractivity contribution in [3.63, 3.8) is 0 Å². The van der Waals surface area contributed by atoms with Crippen molar-refractivity contribution >= 4 is 45.3 Å².